The Labute approximate surface area is 414 Å². The summed E-state index contributed by atoms with van der Waals surface area (Å²) in [6, 6.07) is 61.5. The van der Waals surface area contributed by atoms with Gasteiger partial charge in [0.25, 0.3) is 25.0 Å². The van der Waals surface area contributed by atoms with E-state index >= 15 is 0 Å². The lowest BCUT2D eigenvalue weighted by atomic mass is 9.96. The second-order valence-corrected chi connectivity index (χ2v) is 34.2. The van der Waals surface area contributed by atoms with Crippen molar-refractivity contribution in [1.82, 2.24) is 5.32 Å². The Morgan fingerprint density at radius 3 is 1.06 bits per heavy atom. The summed E-state index contributed by atoms with van der Waals surface area (Å²) in [6.45, 7) is 23.0. The van der Waals surface area contributed by atoms with E-state index in [-0.39, 0.29) is 17.6 Å². The van der Waals surface area contributed by atoms with Crippen molar-refractivity contribution < 1.29 is 32.3 Å². The van der Waals surface area contributed by atoms with E-state index in [4.69, 9.17) is 22.8 Å². The zero-order valence-electron chi connectivity index (χ0n) is 42.3. The van der Waals surface area contributed by atoms with E-state index in [1.807, 2.05) is 84.9 Å². The average Bonchev–Trinajstić information content (AvgIpc) is 3.32. The summed E-state index contributed by atoms with van der Waals surface area (Å²) in [5.41, 5.74) is 0. The van der Waals surface area contributed by atoms with Crippen LogP contribution in [0.5, 0.6) is 0 Å². The van der Waals surface area contributed by atoms with Gasteiger partial charge < -0.3 is 28.1 Å². The molecule has 0 unspecified atom stereocenters. The van der Waals surface area contributed by atoms with Gasteiger partial charge in [0.15, 0.2) is 12.4 Å². The van der Waals surface area contributed by atoms with Crippen LogP contribution in [-0.4, -0.2) is 74.1 Å². The Morgan fingerprint density at radius 1 is 0.464 bits per heavy atom. The van der Waals surface area contributed by atoms with Crippen LogP contribution >= 0.6 is 0 Å². The summed E-state index contributed by atoms with van der Waals surface area (Å²) in [5, 5.41) is 8.26. The molecule has 5 atom stereocenters. The molecule has 6 aromatic rings. The van der Waals surface area contributed by atoms with Gasteiger partial charge in [0.1, 0.15) is 18.2 Å². The Hall–Kier alpha value is -5.25. The molecular weight excluding hydrogens is 907 g/mol. The lowest BCUT2D eigenvalue weighted by Gasteiger charge is -2.54. The molecule has 1 amide bonds. The summed E-state index contributed by atoms with van der Waals surface area (Å²) < 4.78 is 38.1. The molecule has 0 radical (unpaired) electrons. The first-order chi connectivity index (χ1) is 32.8. The number of carbonyl (C=O) groups is 2. The minimum Gasteiger partial charge on any atom is -0.457 e. The topological polar surface area (TPSA) is 92.3 Å². The monoisotopic (exact) mass is 977 g/mol. The molecule has 6 aromatic carbocycles. The van der Waals surface area contributed by atoms with Crippen LogP contribution in [0.25, 0.3) is 0 Å². The first-order valence-corrected chi connectivity index (χ1v) is 29.9. The molecule has 1 aliphatic heterocycles. The predicted molar refractivity (Wildman–Crippen MR) is 287 cm³/mol. The van der Waals surface area contributed by atoms with Crippen LogP contribution in [0.4, 0.5) is 0 Å². The van der Waals surface area contributed by atoms with Gasteiger partial charge in [-0.05, 0) is 46.2 Å². The summed E-state index contributed by atoms with van der Waals surface area (Å²) in [4.78, 5) is 27.6. The Balaban J connectivity index is 1.52. The molecule has 7 rings (SSSR count). The van der Waals surface area contributed by atoms with E-state index in [1.165, 1.54) is 13.8 Å². The Morgan fingerprint density at radius 2 is 0.768 bits per heavy atom. The van der Waals surface area contributed by atoms with Gasteiger partial charge in [-0.3, -0.25) is 9.59 Å². The zero-order chi connectivity index (χ0) is 49.7. The maximum atomic E-state index is 13.8. The number of esters is 1. The van der Waals surface area contributed by atoms with Crippen molar-refractivity contribution in [1.29, 1.82) is 0 Å². The standard InChI is InChI=1S/C58H71NO7Si3/c1-43(60)59-52-54(63-44(2)61)53(65-68(57(6,7)8,47-34-22-14-23-35-47)48-36-24-15-25-37-48)51(42-62-67(56(3,4)5,45-30-18-12-19-31-45)46-32-20-13-21-33-46)64-55(52)66-69(58(9,10)11,49-38-26-16-27-39-49)50-40-28-17-29-41-50/h12-41,51-55H,42H2,1-11H3,(H,59,60)/t51-,52-,53-,54-,55+/m1/s1. The lowest BCUT2D eigenvalue weighted by molar-refractivity contribution is -0.247. The van der Waals surface area contributed by atoms with E-state index < -0.39 is 71.6 Å². The van der Waals surface area contributed by atoms with Gasteiger partial charge >= 0.3 is 5.97 Å². The highest BCUT2D eigenvalue weighted by Gasteiger charge is 2.61. The van der Waals surface area contributed by atoms with Crippen LogP contribution in [0, 0.1) is 0 Å². The van der Waals surface area contributed by atoms with Crippen LogP contribution < -0.4 is 36.4 Å². The first kappa shape index (κ1) is 51.6. The van der Waals surface area contributed by atoms with Crippen molar-refractivity contribution in [2.24, 2.45) is 0 Å². The summed E-state index contributed by atoms with van der Waals surface area (Å²) in [7, 11) is -10.1. The van der Waals surface area contributed by atoms with Crippen LogP contribution in [-0.2, 0) is 32.3 Å². The largest absolute Gasteiger partial charge is 0.457 e. The average molecular weight is 978 g/mol. The SMILES string of the molecule is CC(=O)N[C@H]1[C@H](O[Si](c2ccccc2)(c2ccccc2)C(C)(C)C)O[C@H](CO[Si](c2ccccc2)(c2ccccc2)C(C)(C)C)[C@@H](O[Si](c2ccccc2)(c2ccccc2)C(C)(C)C)[C@@H]1OC(C)=O. The maximum absolute atomic E-state index is 13.8. The molecule has 0 spiro atoms. The highest BCUT2D eigenvalue weighted by molar-refractivity contribution is 7.00. The number of hydrogen-bond acceptors (Lipinski definition) is 7. The number of rotatable bonds is 15. The number of benzene rings is 6. The van der Waals surface area contributed by atoms with Crippen LogP contribution in [0.2, 0.25) is 15.1 Å². The van der Waals surface area contributed by atoms with Crippen LogP contribution in [0.1, 0.15) is 76.2 Å². The summed E-state index contributed by atoms with van der Waals surface area (Å²) in [6.07, 6.45) is -4.12. The van der Waals surface area contributed by atoms with E-state index in [0.29, 0.717) is 0 Å². The smallest absolute Gasteiger partial charge is 0.303 e. The second-order valence-electron chi connectivity index (χ2n) is 21.3. The molecule has 1 N–H and O–H groups in total. The molecule has 1 fully saturated rings. The molecule has 0 bridgehead atoms. The van der Waals surface area contributed by atoms with Gasteiger partial charge in [0.05, 0.1) is 6.61 Å². The summed E-state index contributed by atoms with van der Waals surface area (Å²) in [5.74, 6) is -0.854. The number of carbonyl (C=O) groups excluding carboxylic acids is 2. The Kier molecular flexibility index (Phi) is 15.7. The maximum Gasteiger partial charge on any atom is 0.303 e. The molecule has 69 heavy (non-hydrogen) atoms. The minimum atomic E-state index is -3.44. The molecule has 11 heteroatoms. The van der Waals surface area contributed by atoms with Crippen molar-refractivity contribution in [2.45, 2.75) is 122 Å². The summed E-state index contributed by atoms with van der Waals surface area (Å²) >= 11 is 0. The fourth-order valence-corrected chi connectivity index (χ4v) is 24.6. The molecular formula is C58H71NO7Si3. The van der Waals surface area contributed by atoms with Crippen LogP contribution in [0.3, 0.4) is 0 Å². The van der Waals surface area contributed by atoms with Crippen molar-refractivity contribution in [2.75, 3.05) is 6.61 Å². The fraction of sp³-hybridized carbons (Fsp3) is 0.345. The third-order valence-electron chi connectivity index (χ3n) is 13.6. The van der Waals surface area contributed by atoms with Gasteiger partial charge in [-0.2, -0.15) is 0 Å². The highest BCUT2D eigenvalue weighted by atomic mass is 28.4. The number of hydrogen-bond donors (Lipinski definition) is 1. The van der Waals surface area contributed by atoms with Crippen LogP contribution in [0.15, 0.2) is 182 Å². The molecule has 0 aliphatic carbocycles. The predicted octanol–water partition coefficient (Wildman–Crippen LogP) is 8.25. The lowest BCUT2D eigenvalue weighted by Crippen LogP contribution is -2.76. The molecule has 1 heterocycles. The number of amides is 1. The van der Waals surface area contributed by atoms with Gasteiger partial charge in [0, 0.05) is 13.8 Å². The molecule has 0 aromatic heterocycles. The molecule has 8 nitrogen and oxygen atoms in total. The van der Waals surface area contributed by atoms with E-state index in [0.717, 1.165) is 31.1 Å². The minimum absolute atomic E-state index is 0.0430. The normalized spacial score (nSPS) is 19.4. The number of ether oxygens (including phenoxy) is 2. The quantitative estimate of drug-likeness (QED) is 0.0820. The van der Waals surface area contributed by atoms with Crippen molar-refractivity contribution in [3.05, 3.63) is 182 Å². The van der Waals surface area contributed by atoms with Crippen molar-refractivity contribution >= 4 is 67.9 Å². The number of nitrogens with one attached hydrogen (secondary N) is 1. The Bertz CT molecular complexity index is 2470. The third-order valence-corrected chi connectivity index (χ3v) is 28.7. The van der Waals surface area contributed by atoms with Crippen molar-refractivity contribution in [3.8, 4) is 0 Å². The zero-order valence-corrected chi connectivity index (χ0v) is 45.3. The highest BCUT2D eigenvalue weighted by Crippen LogP contribution is 2.44. The molecule has 1 aliphatic rings. The third kappa shape index (κ3) is 10.3. The van der Waals surface area contributed by atoms with Gasteiger partial charge in [-0.25, -0.2) is 0 Å². The van der Waals surface area contributed by atoms with E-state index in [2.05, 4.69) is 165 Å². The molecule has 362 valence electrons. The van der Waals surface area contributed by atoms with Gasteiger partial charge in [-0.1, -0.05) is 244 Å². The van der Waals surface area contributed by atoms with Crippen molar-refractivity contribution in [3.63, 3.8) is 0 Å². The van der Waals surface area contributed by atoms with Gasteiger partial charge in [0.2, 0.25) is 5.91 Å². The second kappa shape index (κ2) is 21.0. The van der Waals surface area contributed by atoms with E-state index in [9.17, 15) is 9.59 Å². The first-order valence-electron chi connectivity index (χ1n) is 24.2. The fourth-order valence-electron chi connectivity index (χ4n) is 10.7. The van der Waals surface area contributed by atoms with Gasteiger partial charge in [-0.15, -0.1) is 0 Å². The van der Waals surface area contributed by atoms with E-state index in [1.54, 1.807) is 0 Å². The molecule has 1 saturated heterocycles. The molecule has 0 saturated carbocycles.